The first-order valence-electron chi connectivity index (χ1n) is 8.29. The van der Waals surface area contributed by atoms with Crippen molar-refractivity contribution in [2.45, 2.75) is 37.6 Å². The quantitative estimate of drug-likeness (QED) is 0.698. The molecule has 0 bridgehead atoms. The Balaban J connectivity index is 1.93. The lowest BCUT2D eigenvalue weighted by atomic mass is 10.1. The molecule has 0 spiro atoms. The van der Waals surface area contributed by atoms with Crippen LogP contribution in [-0.4, -0.2) is 30.7 Å². The Kier molecular flexibility index (Phi) is 6.64. The summed E-state index contributed by atoms with van der Waals surface area (Å²) in [6.45, 7) is 2.84. The van der Waals surface area contributed by atoms with Crippen LogP contribution in [0.15, 0.2) is 46.1 Å². The summed E-state index contributed by atoms with van der Waals surface area (Å²) in [7, 11) is -3.71. The van der Waals surface area contributed by atoms with Crippen molar-refractivity contribution >= 4 is 15.9 Å². The van der Waals surface area contributed by atoms with Crippen molar-refractivity contribution in [3.8, 4) is 0 Å². The van der Waals surface area contributed by atoms with Crippen molar-refractivity contribution in [1.82, 2.24) is 15.1 Å². The summed E-state index contributed by atoms with van der Waals surface area (Å²) in [4.78, 5) is 23.9. The molecule has 0 saturated heterocycles. The first-order valence-corrected chi connectivity index (χ1v) is 9.84. The molecule has 1 aromatic carbocycles. The molecule has 1 amide bonds. The van der Waals surface area contributed by atoms with Crippen LogP contribution in [0.4, 0.5) is 0 Å². The molecular weight excluding hydrogens is 356 g/mol. The van der Waals surface area contributed by atoms with E-state index in [4.69, 9.17) is 5.14 Å². The Bertz CT molecular complexity index is 921. The Hall–Kier alpha value is -2.52. The third kappa shape index (κ3) is 5.50. The largest absolute Gasteiger partial charge is 0.350 e. The smallest absolute Gasteiger partial charge is 0.271 e. The number of hydrogen-bond acceptors (Lipinski definition) is 5. The van der Waals surface area contributed by atoms with Gasteiger partial charge in [0.25, 0.3) is 11.5 Å². The van der Waals surface area contributed by atoms with Gasteiger partial charge >= 0.3 is 0 Å². The highest BCUT2D eigenvalue weighted by atomic mass is 32.2. The number of benzene rings is 1. The molecule has 0 aliphatic carbocycles. The fraction of sp³-hybridized carbons (Fsp3) is 0.353. The molecule has 1 heterocycles. The zero-order valence-electron chi connectivity index (χ0n) is 14.5. The molecule has 0 aliphatic heterocycles. The standard InChI is InChI=1S/C17H22N4O4S/c1-2-3-12-21-16(22)9-8-15(20-21)17(23)19-11-10-13-4-6-14(7-5-13)26(18,24)25/h4-9H,2-3,10-12H2,1H3,(H,19,23)(H2,18,24,25). The fourth-order valence-corrected chi connectivity index (χ4v) is 2.81. The van der Waals surface area contributed by atoms with E-state index in [0.717, 1.165) is 18.4 Å². The van der Waals surface area contributed by atoms with Gasteiger partial charge in [0.15, 0.2) is 0 Å². The minimum absolute atomic E-state index is 0.0452. The van der Waals surface area contributed by atoms with E-state index in [0.29, 0.717) is 19.5 Å². The highest BCUT2D eigenvalue weighted by Crippen LogP contribution is 2.09. The van der Waals surface area contributed by atoms with Crippen LogP contribution in [0.5, 0.6) is 0 Å². The Morgan fingerprint density at radius 3 is 2.50 bits per heavy atom. The highest BCUT2D eigenvalue weighted by molar-refractivity contribution is 7.89. The molecule has 140 valence electrons. The van der Waals surface area contributed by atoms with E-state index in [1.54, 1.807) is 12.1 Å². The van der Waals surface area contributed by atoms with Gasteiger partial charge in [0.2, 0.25) is 10.0 Å². The van der Waals surface area contributed by atoms with E-state index in [9.17, 15) is 18.0 Å². The molecule has 26 heavy (non-hydrogen) atoms. The summed E-state index contributed by atoms with van der Waals surface area (Å²) in [5.74, 6) is -0.364. The predicted molar refractivity (Wildman–Crippen MR) is 97.3 cm³/mol. The third-order valence-electron chi connectivity index (χ3n) is 3.77. The van der Waals surface area contributed by atoms with Crippen molar-refractivity contribution in [2.75, 3.05) is 6.54 Å². The van der Waals surface area contributed by atoms with Crippen LogP contribution in [0, 0.1) is 0 Å². The number of nitrogens with zero attached hydrogens (tertiary/aromatic N) is 2. The SMILES string of the molecule is CCCCn1nc(C(=O)NCCc2ccc(S(N)(=O)=O)cc2)ccc1=O. The van der Waals surface area contributed by atoms with E-state index >= 15 is 0 Å². The summed E-state index contributed by atoms with van der Waals surface area (Å²) >= 11 is 0. The van der Waals surface area contributed by atoms with Gasteiger partial charge in [-0.3, -0.25) is 9.59 Å². The zero-order chi connectivity index (χ0) is 19.2. The van der Waals surface area contributed by atoms with E-state index in [2.05, 4.69) is 10.4 Å². The van der Waals surface area contributed by atoms with Crippen LogP contribution in [-0.2, 0) is 23.0 Å². The molecule has 2 aromatic rings. The number of unbranched alkanes of at least 4 members (excludes halogenated alkanes) is 1. The van der Waals surface area contributed by atoms with Crippen molar-refractivity contribution in [3.63, 3.8) is 0 Å². The maximum Gasteiger partial charge on any atom is 0.271 e. The van der Waals surface area contributed by atoms with Crippen LogP contribution in [0.3, 0.4) is 0 Å². The van der Waals surface area contributed by atoms with Crippen LogP contribution < -0.4 is 16.0 Å². The lowest BCUT2D eigenvalue weighted by Crippen LogP contribution is -2.30. The Labute approximate surface area is 152 Å². The summed E-state index contributed by atoms with van der Waals surface area (Å²) in [5, 5.41) is 11.9. The molecule has 0 radical (unpaired) electrons. The van der Waals surface area contributed by atoms with Crippen molar-refractivity contribution in [2.24, 2.45) is 5.14 Å². The number of hydrogen-bond donors (Lipinski definition) is 2. The first-order chi connectivity index (χ1) is 12.3. The number of carbonyl (C=O) groups excluding carboxylic acids is 1. The van der Waals surface area contributed by atoms with Gasteiger partial charge in [-0.2, -0.15) is 5.10 Å². The fourth-order valence-electron chi connectivity index (χ4n) is 2.29. The molecule has 0 saturated carbocycles. The second kappa shape index (κ2) is 8.72. The number of rotatable bonds is 8. The number of amides is 1. The van der Waals surface area contributed by atoms with Crippen molar-refractivity contribution in [3.05, 3.63) is 58.0 Å². The molecular formula is C17H22N4O4S. The van der Waals surface area contributed by atoms with Gasteiger partial charge in [-0.25, -0.2) is 18.2 Å². The maximum absolute atomic E-state index is 12.2. The van der Waals surface area contributed by atoms with Crippen molar-refractivity contribution in [1.29, 1.82) is 0 Å². The lowest BCUT2D eigenvalue weighted by Gasteiger charge is -2.08. The molecule has 9 heteroatoms. The second-order valence-corrected chi connectivity index (χ2v) is 7.39. The minimum Gasteiger partial charge on any atom is -0.350 e. The predicted octanol–water partition coefficient (Wildman–Crippen LogP) is 0.663. The van der Waals surface area contributed by atoms with E-state index < -0.39 is 10.0 Å². The van der Waals surface area contributed by atoms with Gasteiger partial charge in [0, 0.05) is 19.2 Å². The van der Waals surface area contributed by atoms with Crippen LogP contribution >= 0.6 is 0 Å². The molecule has 0 aliphatic rings. The van der Waals surface area contributed by atoms with Gasteiger partial charge < -0.3 is 5.32 Å². The Morgan fingerprint density at radius 2 is 1.88 bits per heavy atom. The summed E-state index contributed by atoms with van der Waals surface area (Å²) < 4.78 is 23.7. The second-order valence-electron chi connectivity index (χ2n) is 5.83. The topological polar surface area (TPSA) is 124 Å². The monoisotopic (exact) mass is 378 g/mol. The van der Waals surface area contributed by atoms with Crippen LogP contribution in [0.25, 0.3) is 0 Å². The van der Waals surface area contributed by atoms with Gasteiger partial charge in [-0.1, -0.05) is 25.5 Å². The molecule has 0 unspecified atom stereocenters. The number of nitrogens with two attached hydrogens (primary N) is 1. The molecule has 0 fully saturated rings. The van der Waals surface area contributed by atoms with Crippen LogP contribution in [0.1, 0.15) is 35.8 Å². The van der Waals surface area contributed by atoms with Crippen molar-refractivity contribution < 1.29 is 13.2 Å². The summed E-state index contributed by atoms with van der Waals surface area (Å²) in [6.07, 6.45) is 2.26. The number of aromatic nitrogens is 2. The normalized spacial score (nSPS) is 11.3. The highest BCUT2D eigenvalue weighted by Gasteiger charge is 2.10. The summed E-state index contributed by atoms with van der Waals surface area (Å²) in [5.41, 5.74) is 0.814. The lowest BCUT2D eigenvalue weighted by molar-refractivity contribution is 0.0946. The molecule has 3 N–H and O–H groups in total. The van der Waals surface area contributed by atoms with Gasteiger partial charge in [0.1, 0.15) is 5.69 Å². The summed E-state index contributed by atoms with van der Waals surface area (Å²) in [6, 6.07) is 8.89. The van der Waals surface area contributed by atoms with Gasteiger partial charge in [-0.15, -0.1) is 0 Å². The molecule has 2 rings (SSSR count). The van der Waals surface area contributed by atoms with E-state index in [1.165, 1.54) is 28.9 Å². The van der Waals surface area contributed by atoms with Gasteiger partial charge in [0.05, 0.1) is 4.90 Å². The number of aryl methyl sites for hydroxylation is 1. The molecule has 0 atom stereocenters. The van der Waals surface area contributed by atoms with E-state index in [1.807, 2.05) is 6.92 Å². The average molecular weight is 378 g/mol. The van der Waals surface area contributed by atoms with Crippen LogP contribution in [0.2, 0.25) is 0 Å². The van der Waals surface area contributed by atoms with E-state index in [-0.39, 0.29) is 22.1 Å². The maximum atomic E-state index is 12.2. The third-order valence-corrected chi connectivity index (χ3v) is 4.70. The minimum atomic E-state index is -3.71. The number of nitrogens with one attached hydrogen (secondary N) is 1. The first kappa shape index (κ1) is 19.8. The number of primary sulfonamides is 1. The average Bonchev–Trinajstić information content (AvgIpc) is 2.60. The zero-order valence-corrected chi connectivity index (χ0v) is 15.3. The molecule has 1 aromatic heterocycles. The number of carbonyl (C=O) groups is 1. The molecule has 8 nitrogen and oxygen atoms in total. The number of sulfonamides is 1. The van der Waals surface area contributed by atoms with Gasteiger partial charge in [-0.05, 0) is 36.6 Å². The Morgan fingerprint density at radius 1 is 1.19 bits per heavy atom.